The number of carbonyl (C=O) groups is 2. The Morgan fingerprint density at radius 3 is 2.58 bits per heavy atom. The minimum absolute atomic E-state index is 0.0670. The Bertz CT molecular complexity index is 847. The Labute approximate surface area is 189 Å². The molecule has 0 aliphatic carbocycles. The molecular weight excluding hydrogens is 410 g/mol. The van der Waals surface area contributed by atoms with Crippen LogP contribution in [0.1, 0.15) is 56.9 Å². The van der Waals surface area contributed by atoms with Crippen molar-refractivity contribution in [3.8, 4) is 0 Å². The molecule has 0 spiro atoms. The molecule has 0 aromatic heterocycles. The summed E-state index contributed by atoms with van der Waals surface area (Å²) in [5.41, 5.74) is 9.63. The summed E-state index contributed by atoms with van der Waals surface area (Å²) in [5, 5.41) is 0.340. The Balaban J connectivity index is 1.66. The highest BCUT2D eigenvalue weighted by Gasteiger charge is 2.40. The maximum atomic E-state index is 13.2. The summed E-state index contributed by atoms with van der Waals surface area (Å²) in [6, 6.07) is 7.42. The molecule has 168 valence electrons. The monoisotopic (exact) mass is 443 g/mol. The van der Waals surface area contributed by atoms with Crippen LogP contribution in [0.25, 0.3) is 0 Å². The Kier molecular flexibility index (Phi) is 7.67. The number of nitrogens with zero attached hydrogens (tertiary/aromatic N) is 3. The van der Waals surface area contributed by atoms with Crippen LogP contribution in [0.5, 0.6) is 0 Å². The van der Waals surface area contributed by atoms with Crippen molar-refractivity contribution < 1.29 is 9.59 Å². The molecule has 1 aromatic rings. The molecule has 2 aliphatic rings. The molecule has 2 N–H and O–H groups in total. The average Bonchev–Trinajstić information content (AvgIpc) is 3.38. The molecule has 8 heteroatoms. The molecule has 2 heterocycles. The third-order valence-corrected chi connectivity index (χ3v) is 6.97. The molecule has 2 aliphatic heterocycles. The Morgan fingerprint density at radius 1 is 1.29 bits per heavy atom. The van der Waals surface area contributed by atoms with Crippen molar-refractivity contribution in [2.45, 2.75) is 63.9 Å². The molecular formula is C23H33N5O2S. The first-order chi connectivity index (χ1) is 14.7. The van der Waals surface area contributed by atoms with Gasteiger partial charge in [-0.25, -0.2) is 10.4 Å². The number of likely N-dealkylation sites (tertiary alicyclic amines) is 1. The molecule has 3 rings (SSSR count). The molecule has 7 nitrogen and oxygen atoms in total. The van der Waals surface area contributed by atoms with Crippen LogP contribution < -0.4 is 10.9 Å². The fraction of sp³-hybridized carbons (Fsp3) is 0.565. The van der Waals surface area contributed by atoms with E-state index < -0.39 is 12.1 Å². The van der Waals surface area contributed by atoms with E-state index in [1.807, 2.05) is 38.5 Å². The highest BCUT2D eigenvalue weighted by atomic mass is 32.2. The highest BCUT2D eigenvalue weighted by Crippen LogP contribution is 2.36. The van der Waals surface area contributed by atoms with Crippen molar-refractivity contribution in [3.05, 3.63) is 35.4 Å². The van der Waals surface area contributed by atoms with Gasteiger partial charge in [-0.3, -0.25) is 20.0 Å². The summed E-state index contributed by atoms with van der Waals surface area (Å²) < 4.78 is 0. The van der Waals surface area contributed by atoms with E-state index in [0.29, 0.717) is 18.2 Å². The van der Waals surface area contributed by atoms with Gasteiger partial charge in [0.1, 0.15) is 12.1 Å². The summed E-state index contributed by atoms with van der Waals surface area (Å²) >= 11 is 1.73. The Morgan fingerprint density at radius 2 is 2.00 bits per heavy atom. The summed E-state index contributed by atoms with van der Waals surface area (Å²) in [6.45, 7) is 8.71. The molecule has 31 heavy (non-hydrogen) atoms. The van der Waals surface area contributed by atoms with Gasteiger partial charge in [0.2, 0.25) is 5.91 Å². The summed E-state index contributed by atoms with van der Waals surface area (Å²) in [7, 11) is 1.74. The average molecular weight is 444 g/mol. The number of rotatable bonds is 6. The molecule has 1 fully saturated rings. The minimum atomic E-state index is -0.501. The van der Waals surface area contributed by atoms with E-state index in [1.165, 1.54) is 5.56 Å². The number of hydrazine groups is 1. The van der Waals surface area contributed by atoms with Crippen LogP contribution in [0.4, 0.5) is 0 Å². The van der Waals surface area contributed by atoms with Gasteiger partial charge in [0.15, 0.2) is 0 Å². The molecule has 4 atom stereocenters. The second-order valence-electron chi connectivity index (χ2n) is 9.20. The molecule has 2 amide bonds. The Hall–Kier alpha value is -2.03. The molecule has 1 saturated heterocycles. The van der Waals surface area contributed by atoms with Crippen LogP contribution in [0.2, 0.25) is 0 Å². The van der Waals surface area contributed by atoms with Gasteiger partial charge in [-0.2, -0.15) is 0 Å². The highest BCUT2D eigenvalue weighted by molar-refractivity contribution is 8.12. The number of amides is 2. The zero-order chi connectivity index (χ0) is 22.6. The van der Waals surface area contributed by atoms with E-state index >= 15 is 0 Å². The first-order valence-corrected chi connectivity index (χ1v) is 11.7. The van der Waals surface area contributed by atoms with E-state index in [0.717, 1.165) is 12.0 Å². The fourth-order valence-electron chi connectivity index (χ4n) is 3.99. The predicted octanol–water partition coefficient (Wildman–Crippen LogP) is 2.97. The first-order valence-electron chi connectivity index (χ1n) is 10.8. The van der Waals surface area contributed by atoms with Crippen molar-refractivity contribution in [1.29, 1.82) is 0 Å². The second kappa shape index (κ2) is 10.1. The van der Waals surface area contributed by atoms with Gasteiger partial charge in [-0.15, -0.1) is 11.8 Å². The fourth-order valence-corrected chi connectivity index (χ4v) is 4.99. The zero-order valence-electron chi connectivity index (χ0n) is 19.0. The van der Waals surface area contributed by atoms with Crippen molar-refractivity contribution in [2.24, 2.45) is 15.4 Å². The maximum absolute atomic E-state index is 13.2. The lowest BCUT2D eigenvalue weighted by atomic mass is 9.86. The summed E-state index contributed by atoms with van der Waals surface area (Å²) in [6.07, 6.45) is 3.05. The van der Waals surface area contributed by atoms with E-state index in [-0.39, 0.29) is 23.3 Å². The predicted molar refractivity (Wildman–Crippen MR) is 128 cm³/mol. The lowest BCUT2D eigenvalue weighted by Gasteiger charge is -2.34. The third-order valence-electron chi connectivity index (χ3n) is 5.77. The number of benzene rings is 1. The number of thioether (sulfide) groups is 1. The normalized spacial score (nSPS) is 24.8. The number of carbonyl (C=O) groups excluding carboxylic acids is 2. The zero-order valence-corrected chi connectivity index (χ0v) is 19.8. The SMILES string of the molecule is CNNC(C(=O)N1CCC[C@H]1C(=O)N=Cc1ccc(C2SC=NC2C)cc1)C(C)(C)C. The van der Waals surface area contributed by atoms with Gasteiger partial charge >= 0.3 is 0 Å². The summed E-state index contributed by atoms with van der Waals surface area (Å²) in [5.74, 6) is -0.330. The van der Waals surface area contributed by atoms with Crippen molar-refractivity contribution >= 4 is 35.3 Å². The standard InChI is InChI=1S/C23H33N5O2S/c1-15-19(31-14-26-15)17-10-8-16(9-11-17)13-25-21(29)18-7-6-12-28(18)22(30)20(27-24-5)23(2,3)4/h8-11,13-15,18-20,24,27H,6-7,12H2,1-5H3/t15?,18-,19?,20?/m0/s1. The maximum Gasteiger partial charge on any atom is 0.268 e. The van der Waals surface area contributed by atoms with E-state index in [4.69, 9.17) is 0 Å². The smallest absolute Gasteiger partial charge is 0.268 e. The second-order valence-corrected chi connectivity index (χ2v) is 10.2. The number of aliphatic imine (C=N–C) groups is 2. The van der Waals surface area contributed by atoms with Crippen molar-refractivity contribution in [2.75, 3.05) is 13.6 Å². The van der Waals surface area contributed by atoms with Crippen molar-refractivity contribution in [1.82, 2.24) is 15.8 Å². The quantitative estimate of drug-likeness (QED) is 0.521. The number of nitrogens with one attached hydrogen (secondary N) is 2. The van der Waals surface area contributed by atoms with Crippen molar-refractivity contribution in [3.63, 3.8) is 0 Å². The molecule has 0 saturated carbocycles. The molecule has 3 unspecified atom stereocenters. The van der Waals surface area contributed by atoms with Gasteiger partial charge in [0, 0.05) is 12.8 Å². The van der Waals surface area contributed by atoms with Gasteiger partial charge in [0.05, 0.1) is 16.8 Å². The number of hydrogen-bond acceptors (Lipinski definition) is 6. The van der Waals surface area contributed by atoms with Gasteiger partial charge in [0.25, 0.3) is 5.91 Å². The van der Waals surface area contributed by atoms with Gasteiger partial charge < -0.3 is 4.90 Å². The largest absolute Gasteiger partial charge is 0.329 e. The topological polar surface area (TPSA) is 86.2 Å². The number of hydrogen-bond donors (Lipinski definition) is 2. The molecule has 1 aromatic carbocycles. The third kappa shape index (κ3) is 5.61. The molecule has 0 radical (unpaired) electrons. The summed E-state index contributed by atoms with van der Waals surface area (Å²) in [4.78, 5) is 36.3. The lowest BCUT2D eigenvalue weighted by Crippen LogP contribution is -2.57. The first kappa shape index (κ1) is 23.6. The van der Waals surface area contributed by atoms with E-state index in [2.05, 4.69) is 39.9 Å². The van der Waals surface area contributed by atoms with E-state index in [1.54, 1.807) is 29.9 Å². The van der Waals surface area contributed by atoms with Crippen LogP contribution in [0.15, 0.2) is 34.3 Å². The van der Waals surface area contributed by atoms with Crippen LogP contribution in [0, 0.1) is 5.41 Å². The van der Waals surface area contributed by atoms with Crippen LogP contribution in [-0.2, 0) is 9.59 Å². The van der Waals surface area contributed by atoms with Gasteiger partial charge in [-0.1, -0.05) is 45.0 Å². The van der Waals surface area contributed by atoms with Crippen LogP contribution in [0.3, 0.4) is 0 Å². The lowest BCUT2D eigenvalue weighted by molar-refractivity contribution is -0.141. The molecule has 0 bridgehead atoms. The van der Waals surface area contributed by atoms with Crippen LogP contribution in [-0.4, -0.2) is 60.2 Å². The van der Waals surface area contributed by atoms with Gasteiger partial charge in [-0.05, 0) is 43.4 Å². The van der Waals surface area contributed by atoms with E-state index in [9.17, 15) is 9.59 Å². The van der Waals surface area contributed by atoms with Crippen LogP contribution >= 0.6 is 11.8 Å². The minimum Gasteiger partial charge on any atom is -0.329 e.